The Morgan fingerprint density at radius 3 is 2.61 bits per heavy atom. The van der Waals surface area contributed by atoms with Gasteiger partial charge in [-0.3, -0.25) is 14.5 Å². The predicted molar refractivity (Wildman–Crippen MR) is 111 cm³/mol. The van der Waals surface area contributed by atoms with Gasteiger partial charge < -0.3 is 25.0 Å². The summed E-state index contributed by atoms with van der Waals surface area (Å²) in [7, 11) is 1.27. The second-order valence-electron chi connectivity index (χ2n) is 8.17. The molecule has 3 fully saturated rings. The van der Waals surface area contributed by atoms with E-state index in [9.17, 15) is 19.2 Å². The quantitative estimate of drug-likeness (QED) is 0.510. The van der Waals surface area contributed by atoms with E-state index in [1.54, 1.807) is 25.1 Å². The van der Waals surface area contributed by atoms with Crippen molar-refractivity contribution in [2.75, 3.05) is 50.2 Å². The summed E-state index contributed by atoms with van der Waals surface area (Å²) in [5.74, 6) is -1.46. The fourth-order valence-electron chi connectivity index (χ4n) is 4.07. The molecular formula is C21H26N4O6. The number of ether oxygens (including phenoxy) is 2. The number of hydrogen-bond donors (Lipinski definition) is 2. The lowest BCUT2D eigenvalue weighted by Crippen LogP contribution is -2.46. The molecule has 0 bridgehead atoms. The molecule has 1 aromatic carbocycles. The summed E-state index contributed by atoms with van der Waals surface area (Å²) in [4.78, 5) is 53.0. The van der Waals surface area contributed by atoms with Crippen LogP contribution in [0, 0.1) is 5.92 Å². The van der Waals surface area contributed by atoms with Crippen LogP contribution in [-0.4, -0.2) is 74.2 Å². The summed E-state index contributed by atoms with van der Waals surface area (Å²) in [6.45, 7) is 3.84. The number of benzene rings is 1. The zero-order valence-electron chi connectivity index (χ0n) is 17.6. The minimum absolute atomic E-state index is 0.107. The zero-order chi connectivity index (χ0) is 22.2. The first-order valence-electron chi connectivity index (χ1n) is 10.3. The van der Waals surface area contributed by atoms with Crippen LogP contribution in [0.4, 0.5) is 16.2 Å². The standard InChI is InChI=1S/C21H26N4O6/c1-21(13-3-4-13)19(28)25(20(29)23-21)12-17(26)22-16-6-5-14(11-15(16)18(27)30-2)24-7-9-31-10-8-24/h5-6,11,13H,3-4,7-10,12H2,1-2H3,(H,22,26)(H,23,29). The Labute approximate surface area is 179 Å². The van der Waals surface area contributed by atoms with E-state index < -0.39 is 35.9 Å². The van der Waals surface area contributed by atoms with Gasteiger partial charge in [-0.15, -0.1) is 0 Å². The van der Waals surface area contributed by atoms with Gasteiger partial charge in [0.2, 0.25) is 5.91 Å². The minimum Gasteiger partial charge on any atom is -0.465 e. The molecule has 2 N–H and O–H groups in total. The number of morpholine rings is 1. The van der Waals surface area contributed by atoms with Gasteiger partial charge in [0.25, 0.3) is 5.91 Å². The largest absolute Gasteiger partial charge is 0.465 e. The molecular weight excluding hydrogens is 404 g/mol. The molecule has 0 spiro atoms. The van der Waals surface area contributed by atoms with Crippen LogP contribution in [0.25, 0.3) is 0 Å². The molecule has 0 radical (unpaired) electrons. The second kappa shape index (κ2) is 8.18. The van der Waals surface area contributed by atoms with Crippen LogP contribution in [0.1, 0.15) is 30.1 Å². The van der Waals surface area contributed by atoms with Crippen molar-refractivity contribution in [3.05, 3.63) is 23.8 Å². The third-order valence-corrected chi connectivity index (χ3v) is 6.06. The topological polar surface area (TPSA) is 117 Å². The second-order valence-corrected chi connectivity index (χ2v) is 8.17. The van der Waals surface area contributed by atoms with Crippen molar-refractivity contribution in [2.45, 2.75) is 25.3 Å². The highest BCUT2D eigenvalue weighted by atomic mass is 16.5. The summed E-state index contributed by atoms with van der Waals surface area (Å²) in [6, 6.07) is 4.50. The van der Waals surface area contributed by atoms with Gasteiger partial charge in [0.05, 0.1) is 31.6 Å². The zero-order valence-corrected chi connectivity index (χ0v) is 17.6. The van der Waals surface area contributed by atoms with E-state index in [4.69, 9.17) is 9.47 Å². The normalized spacial score (nSPS) is 23.5. The van der Waals surface area contributed by atoms with E-state index in [0.717, 1.165) is 23.4 Å². The Kier molecular flexibility index (Phi) is 5.57. The molecule has 10 heteroatoms. The molecule has 166 valence electrons. The molecule has 3 aliphatic rings. The molecule has 4 amide bonds. The van der Waals surface area contributed by atoms with Gasteiger partial charge in [0.1, 0.15) is 12.1 Å². The highest BCUT2D eigenvalue weighted by Crippen LogP contribution is 2.42. The maximum absolute atomic E-state index is 12.7. The maximum atomic E-state index is 12.7. The number of methoxy groups -OCH3 is 1. The first-order chi connectivity index (χ1) is 14.8. The molecule has 1 atom stereocenters. The third-order valence-electron chi connectivity index (χ3n) is 6.06. The van der Waals surface area contributed by atoms with Crippen molar-refractivity contribution in [3.8, 4) is 0 Å². The van der Waals surface area contributed by atoms with Crippen LogP contribution in [0.3, 0.4) is 0 Å². The molecule has 1 saturated carbocycles. The van der Waals surface area contributed by atoms with E-state index in [2.05, 4.69) is 15.5 Å². The minimum atomic E-state index is -0.950. The lowest BCUT2D eigenvalue weighted by molar-refractivity contribution is -0.134. The van der Waals surface area contributed by atoms with Crippen molar-refractivity contribution < 1.29 is 28.7 Å². The summed E-state index contributed by atoms with van der Waals surface area (Å²) in [5.41, 5.74) is 0.315. The molecule has 0 aromatic heterocycles. The average molecular weight is 430 g/mol. The number of esters is 1. The van der Waals surface area contributed by atoms with Gasteiger partial charge in [-0.2, -0.15) is 0 Å². The van der Waals surface area contributed by atoms with Gasteiger partial charge >= 0.3 is 12.0 Å². The monoisotopic (exact) mass is 430 g/mol. The number of hydrogen-bond acceptors (Lipinski definition) is 7. The van der Waals surface area contributed by atoms with E-state index in [1.165, 1.54) is 7.11 Å². The van der Waals surface area contributed by atoms with Crippen molar-refractivity contribution in [2.24, 2.45) is 5.92 Å². The number of urea groups is 1. The van der Waals surface area contributed by atoms with Crippen molar-refractivity contribution in [3.63, 3.8) is 0 Å². The Morgan fingerprint density at radius 2 is 1.97 bits per heavy atom. The predicted octanol–water partition coefficient (Wildman–Crippen LogP) is 0.969. The van der Waals surface area contributed by atoms with Crippen molar-refractivity contribution >= 4 is 35.2 Å². The highest BCUT2D eigenvalue weighted by molar-refractivity contribution is 6.11. The van der Waals surface area contributed by atoms with Gasteiger partial charge in [0.15, 0.2) is 0 Å². The molecule has 1 aromatic rings. The Balaban J connectivity index is 1.49. The molecule has 1 aliphatic carbocycles. The van der Waals surface area contributed by atoms with E-state index in [-0.39, 0.29) is 17.2 Å². The number of anilines is 2. The molecule has 2 saturated heterocycles. The average Bonchev–Trinajstić information content (AvgIpc) is 3.60. The lowest BCUT2D eigenvalue weighted by Gasteiger charge is -2.29. The lowest BCUT2D eigenvalue weighted by atomic mass is 9.96. The smallest absolute Gasteiger partial charge is 0.340 e. The van der Waals surface area contributed by atoms with Crippen LogP contribution < -0.4 is 15.5 Å². The Morgan fingerprint density at radius 1 is 1.26 bits per heavy atom. The summed E-state index contributed by atoms with van der Waals surface area (Å²) >= 11 is 0. The van der Waals surface area contributed by atoms with E-state index >= 15 is 0 Å². The molecule has 31 heavy (non-hydrogen) atoms. The number of carbonyl (C=O) groups is 4. The Hall–Kier alpha value is -3.14. The van der Waals surface area contributed by atoms with Crippen LogP contribution in [-0.2, 0) is 19.1 Å². The van der Waals surface area contributed by atoms with Gasteiger partial charge in [-0.05, 0) is 43.9 Å². The SMILES string of the molecule is COC(=O)c1cc(N2CCOCC2)ccc1NC(=O)CN1C(=O)NC(C)(C2CC2)C1=O. The molecule has 2 aliphatic heterocycles. The van der Waals surface area contributed by atoms with Crippen LogP contribution >= 0.6 is 0 Å². The summed E-state index contributed by atoms with van der Waals surface area (Å²) < 4.78 is 10.2. The highest BCUT2D eigenvalue weighted by Gasteiger charge is 2.56. The first kappa shape index (κ1) is 21.1. The molecule has 1 unspecified atom stereocenters. The van der Waals surface area contributed by atoms with Crippen LogP contribution in [0.5, 0.6) is 0 Å². The van der Waals surface area contributed by atoms with E-state index in [1.807, 2.05) is 0 Å². The molecule has 10 nitrogen and oxygen atoms in total. The fraction of sp³-hybridized carbons (Fsp3) is 0.524. The van der Waals surface area contributed by atoms with Crippen molar-refractivity contribution in [1.82, 2.24) is 10.2 Å². The molecule has 4 rings (SSSR count). The maximum Gasteiger partial charge on any atom is 0.340 e. The molecule has 2 heterocycles. The number of amides is 4. The number of carbonyl (C=O) groups excluding carboxylic acids is 4. The first-order valence-corrected chi connectivity index (χ1v) is 10.3. The fourth-order valence-corrected chi connectivity index (χ4v) is 4.07. The van der Waals surface area contributed by atoms with Crippen LogP contribution in [0.15, 0.2) is 18.2 Å². The third kappa shape index (κ3) is 4.07. The number of rotatable bonds is 6. The van der Waals surface area contributed by atoms with Gasteiger partial charge in [-0.1, -0.05) is 0 Å². The van der Waals surface area contributed by atoms with Gasteiger partial charge in [0, 0.05) is 18.8 Å². The summed E-state index contributed by atoms with van der Waals surface area (Å²) in [6.07, 6.45) is 1.75. The van der Waals surface area contributed by atoms with Gasteiger partial charge in [-0.25, -0.2) is 9.59 Å². The number of imide groups is 1. The van der Waals surface area contributed by atoms with Crippen LogP contribution in [0.2, 0.25) is 0 Å². The number of nitrogens with zero attached hydrogens (tertiary/aromatic N) is 2. The Bertz CT molecular complexity index is 924. The number of nitrogens with one attached hydrogen (secondary N) is 2. The van der Waals surface area contributed by atoms with Crippen molar-refractivity contribution in [1.29, 1.82) is 0 Å². The summed E-state index contributed by atoms with van der Waals surface area (Å²) in [5, 5.41) is 5.35. The van der Waals surface area contributed by atoms with E-state index in [0.29, 0.717) is 26.3 Å².